The molecule has 0 fully saturated rings. The summed E-state index contributed by atoms with van der Waals surface area (Å²) < 4.78 is 0. The zero-order valence-corrected chi connectivity index (χ0v) is 11.8. The first-order valence-corrected chi connectivity index (χ1v) is 6.47. The lowest BCUT2D eigenvalue weighted by molar-refractivity contribution is 0.204. The van der Waals surface area contributed by atoms with Crippen molar-refractivity contribution in [3.63, 3.8) is 0 Å². The Kier molecular flexibility index (Phi) is 5.66. The third kappa shape index (κ3) is 3.83. The molecule has 2 heteroatoms. The average molecular weight is 234 g/mol. The molecule has 2 atom stereocenters. The summed E-state index contributed by atoms with van der Waals surface area (Å²) in [6, 6.07) is 9.37. The summed E-state index contributed by atoms with van der Waals surface area (Å²) in [6.45, 7) is 5.50. The van der Waals surface area contributed by atoms with Gasteiger partial charge < -0.3 is 10.2 Å². The lowest BCUT2D eigenvalue weighted by Crippen LogP contribution is -2.33. The van der Waals surface area contributed by atoms with E-state index in [0.29, 0.717) is 12.0 Å². The molecule has 17 heavy (non-hydrogen) atoms. The van der Waals surface area contributed by atoms with E-state index in [-0.39, 0.29) is 0 Å². The van der Waals surface area contributed by atoms with E-state index in [1.54, 1.807) is 0 Å². The van der Waals surface area contributed by atoms with E-state index in [4.69, 9.17) is 0 Å². The molecule has 1 N–H and O–H groups in total. The Labute approximate surface area is 106 Å². The SMILES string of the molecule is CCC(CNC)C(c1cccc(C)c1)N(C)C. The maximum absolute atomic E-state index is 3.31. The van der Waals surface area contributed by atoms with Gasteiger partial charge in [-0.2, -0.15) is 0 Å². The Morgan fingerprint density at radius 3 is 2.47 bits per heavy atom. The van der Waals surface area contributed by atoms with Crippen molar-refractivity contribution in [2.24, 2.45) is 5.92 Å². The molecule has 0 spiro atoms. The van der Waals surface area contributed by atoms with Crippen molar-refractivity contribution in [3.05, 3.63) is 35.4 Å². The Hall–Kier alpha value is -0.860. The molecule has 0 bridgehead atoms. The lowest BCUT2D eigenvalue weighted by Gasteiger charge is -2.32. The normalized spacial score (nSPS) is 14.9. The summed E-state index contributed by atoms with van der Waals surface area (Å²) in [7, 11) is 6.38. The third-order valence-corrected chi connectivity index (χ3v) is 3.38. The van der Waals surface area contributed by atoms with Gasteiger partial charge in [0.1, 0.15) is 0 Å². The molecule has 96 valence electrons. The largest absolute Gasteiger partial charge is 0.319 e. The number of nitrogens with zero attached hydrogens (tertiary/aromatic N) is 1. The second-order valence-corrected chi connectivity index (χ2v) is 5.05. The minimum atomic E-state index is 0.493. The lowest BCUT2D eigenvalue weighted by atomic mass is 9.89. The number of nitrogens with one attached hydrogen (secondary N) is 1. The van der Waals surface area contributed by atoms with Gasteiger partial charge in [0.15, 0.2) is 0 Å². The van der Waals surface area contributed by atoms with Crippen LogP contribution in [0.15, 0.2) is 24.3 Å². The highest BCUT2D eigenvalue weighted by Gasteiger charge is 2.23. The molecule has 0 saturated heterocycles. The summed E-state index contributed by atoms with van der Waals surface area (Å²) in [5.41, 5.74) is 2.77. The molecule has 0 amide bonds. The summed E-state index contributed by atoms with van der Waals surface area (Å²) in [4.78, 5) is 2.33. The fourth-order valence-electron chi connectivity index (χ4n) is 2.59. The van der Waals surface area contributed by atoms with Crippen LogP contribution in [-0.2, 0) is 0 Å². The molecule has 1 rings (SSSR count). The standard InChI is InChI=1S/C15H26N2/c1-6-13(11-16-3)15(17(4)5)14-9-7-8-12(2)10-14/h7-10,13,15-16H,6,11H2,1-5H3. The van der Waals surface area contributed by atoms with Crippen molar-refractivity contribution in [2.45, 2.75) is 26.3 Å². The summed E-state index contributed by atoms with van der Waals surface area (Å²) in [5, 5.41) is 3.31. The van der Waals surface area contributed by atoms with Gasteiger partial charge in [0.05, 0.1) is 0 Å². The number of aryl methyl sites for hydroxylation is 1. The topological polar surface area (TPSA) is 15.3 Å². The van der Waals surface area contributed by atoms with E-state index in [1.165, 1.54) is 17.5 Å². The predicted octanol–water partition coefficient (Wildman–Crippen LogP) is 2.84. The highest BCUT2D eigenvalue weighted by atomic mass is 15.1. The molecule has 2 nitrogen and oxygen atoms in total. The fourth-order valence-corrected chi connectivity index (χ4v) is 2.59. The van der Waals surface area contributed by atoms with Crippen molar-refractivity contribution in [2.75, 3.05) is 27.7 Å². The van der Waals surface area contributed by atoms with Crippen molar-refractivity contribution in [3.8, 4) is 0 Å². The molecule has 1 aromatic carbocycles. The van der Waals surface area contributed by atoms with Crippen LogP contribution in [0.25, 0.3) is 0 Å². The zero-order valence-electron chi connectivity index (χ0n) is 11.8. The number of benzene rings is 1. The van der Waals surface area contributed by atoms with Gasteiger partial charge in [-0.25, -0.2) is 0 Å². The molecule has 0 aliphatic rings. The molecule has 2 unspecified atom stereocenters. The minimum Gasteiger partial charge on any atom is -0.319 e. The van der Waals surface area contributed by atoms with Gasteiger partial charge in [0, 0.05) is 6.04 Å². The van der Waals surface area contributed by atoms with Gasteiger partial charge in [-0.05, 0) is 46.1 Å². The first kappa shape index (κ1) is 14.2. The quantitative estimate of drug-likeness (QED) is 0.814. The van der Waals surface area contributed by atoms with E-state index in [9.17, 15) is 0 Å². The minimum absolute atomic E-state index is 0.493. The van der Waals surface area contributed by atoms with Crippen LogP contribution < -0.4 is 5.32 Å². The van der Waals surface area contributed by atoms with Crippen molar-refractivity contribution in [1.82, 2.24) is 10.2 Å². The second-order valence-electron chi connectivity index (χ2n) is 5.05. The number of rotatable bonds is 6. The van der Waals surface area contributed by atoms with Crippen LogP contribution in [0.4, 0.5) is 0 Å². The van der Waals surface area contributed by atoms with Crippen LogP contribution in [0.1, 0.15) is 30.5 Å². The molecular weight excluding hydrogens is 208 g/mol. The number of hydrogen-bond donors (Lipinski definition) is 1. The van der Waals surface area contributed by atoms with Crippen LogP contribution >= 0.6 is 0 Å². The van der Waals surface area contributed by atoms with Crippen molar-refractivity contribution >= 4 is 0 Å². The second kappa shape index (κ2) is 6.77. The Balaban J connectivity index is 2.99. The van der Waals surface area contributed by atoms with Crippen LogP contribution in [0.3, 0.4) is 0 Å². The van der Waals surface area contributed by atoms with E-state index >= 15 is 0 Å². The van der Waals surface area contributed by atoms with Gasteiger partial charge in [0.2, 0.25) is 0 Å². The van der Waals surface area contributed by atoms with Gasteiger partial charge >= 0.3 is 0 Å². The van der Waals surface area contributed by atoms with Crippen molar-refractivity contribution in [1.29, 1.82) is 0 Å². The summed E-state index contributed by atoms with van der Waals surface area (Å²) >= 11 is 0. The Morgan fingerprint density at radius 2 is 2.00 bits per heavy atom. The molecule has 0 aliphatic heterocycles. The van der Waals surface area contributed by atoms with Gasteiger partial charge in [-0.1, -0.05) is 43.2 Å². The van der Waals surface area contributed by atoms with Crippen LogP contribution in [0, 0.1) is 12.8 Å². The fraction of sp³-hybridized carbons (Fsp3) is 0.600. The molecule has 0 heterocycles. The Morgan fingerprint density at radius 1 is 1.29 bits per heavy atom. The molecular formula is C15H26N2. The van der Waals surface area contributed by atoms with Crippen molar-refractivity contribution < 1.29 is 0 Å². The Bertz CT molecular complexity index is 333. The molecule has 0 aromatic heterocycles. The molecule has 0 aliphatic carbocycles. The van der Waals surface area contributed by atoms with E-state index in [1.807, 2.05) is 7.05 Å². The first-order valence-electron chi connectivity index (χ1n) is 6.47. The maximum Gasteiger partial charge on any atom is 0.0382 e. The van der Waals surface area contributed by atoms with Gasteiger partial charge in [-0.15, -0.1) is 0 Å². The van der Waals surface area contributed by atoms with E-state index < -0.39 is 0 Å². The highest BCUT2D eigenvalue weighted by Crippen LogP contribution is 2.29. The first-order chi connectivity index (χ1) is 8.10. The zero-order chi connectivity index (χ0) is 12.8. The van der Waals surface area contributed by atoms with Crippen LogP contribution in [0.5, 0.6) is 0 Å². The summed E-state index contributed by atoms with van der Waals surface area (Å²) in [5.74, 6) is 0.650. The maximum atomic E-state index is 3.31. The van der Waals surface area contributed by atoms with Gasteiger partial charge in [0.25, 0.3) is 0 Å². The molecule has 1 aromatic rings. The predicted molar refractivity (Wildman–Crippen MR) is 75.3 cm³/mol. The van der Waals surface area contributed by atoms with E-state index in [2.05, 4.69) is 62.4 Å². The molecule has 0 saturated carbocycles. The van der Waals surface area contributed by atoms with Crippen LogP contribution in [-0.4, -0.2) is 32.6 Å². The van der Waals surface area contributed by atoms with E-state index in [0.717, 1.165) is 6.54 Å². The third-order valence-electron chi connectivity index (χ3n) is 3.38. The van der Waals surface area contributed by atoms with Crippen LogP contribution in [0.2, 0.25) is 0 Å². The van der Waals surface area contributed by atoms with Gasteiger partial charge in [-0.3, -0.25) is 0 Å². The average Bonchev–Trinajstić information content (AvgIpc) is 2.28. The smallest absolute Gasteiger partial charge is 0.0382 e. The highest BCUT2D eigenvalue weighted by molar-refractivity contribution is 5.25. The molecule has 0 radical (unpaired) electrons. The summed E-state index contributed by atoms with van der Waals surface area (Å²) in [6.07, 6.45) is 1.19. The number of hydrogen-bond acceptors (Lipinski definition) is 2. The monoisotopic (exact) mass is 234 g/mol.